The van der Waals surface area contributed by atoms with Gasteiger partial charge in [0.25, 0.3) is 11.8 Å². The van der Waals surface area contributed by atoms with Crippen molar-refractivity contribution in [3.8, 4) is 0 Å². The van der Waals surface area contributed by atoms with Crippen LogP contribution in [0.4, 0.5) is 4.79 Å². The van der Waals surface area contributed by atoms with Gasteiger partial charge in [0.1, 0.15) is 18.5 Å². The van der Waals surface area contributed by atoms with Crippen LogP contribution in [0.15, 0.2) is 12.2 Å². The number of hydrogen-bond donors (Lipinski definition) is 1. The van der Waals surface area contributed by atoms with Gasteiger partial charge in [-0.2, -0.15) is 0 Å². The van der Waals surface area contributed by atoms with Crippen molar-refractivity contribution in [1.82, 2.24) is 15.5 Å². The SMILES string of the molecule is CC(C)(C)OC(=O)N(NCCOCCOCCN1C(=O)C=CC1=O)OCC=O. The van der Waals surface area contributed by atoms with Crippen molar-refractivity contribution < 1.29 is 38.2 Å². The Bertz CT molecular complexity index is 555. The van der Waals surface area contributed by atoms with E-state index >= 15 is 0 Å². The van der Waals surface area contributed by atoms with Gasteiger partial charge in [0.15, 0.2) is 0 Å². The lowest BCUT2D eigenvalue weighted by molar-refractivity contribution is -0.178. The fourth-order valence-corrected chi connectivity index (χ4v) is 1.92. The number of carbonyl (C=O) groups excluding carboxylic acids is 4. The molecule has 0 spiro atoms. The molecule has 1 rings (SSSR count). The van der Waals surface area contributed by atoms with Gasteiger partial charge in [-0.3, -0.25) is 14.5 Å². The van der Waals surface area contributed by atoms with Crippen LogP contribution in [0.3, 0.4) is 0 Å². The minimum absolute atomic E-state index is 0.186. The van der Waals surface area contributed by atoms with E-state index in [2.05, 4.69) is 5.43 Å². The molecule has 0 aromatic rings. The zero-order valence-corrected chi connectivity index (χ0v) is 16.3. The first-order valence-corrected chi connectivity index (χ1v) is 8.77. The molecular formula is C17H27N3O8. The molecule has 0 atom stereocenters. The van der Waals surface area contributed by atoms with E-state index in [9.17, 15) is 19.2 Å². The fraction of sp³-hybridized carbons (Fsp3) is 0.647. The van der Waals surface area contributed by atoms with Crippen molar-refractivity contribution >= 4 is 24.2 Å². The lowest BCUT2D eigenvalue weighted by Crippen LogP contribution is -2.47. The summed E-state index contributed by atoms with van der Waals surface area (Å²) in [7, 11) is 0. The molecular weight excluding hydrogens is 374 g/mol. The Hall–Kier alpha value is -2.34. The third-order valence-corrected chi connectivity index (χ3v) is 3.06. The normalized spacial score (nSPS) is 13.9. The van der Waals surface area contributed by atoms with Gasteiger partial charge in [0.2, 0.25) is 0 Å². The molecule has 1 heterocycles. The Kier molecular flexibility index (Phi) is 10.3. The first kappa shape index (κ1) is 23.7. The second-order valence-electron chi connectivity index (χ2n) is 6.53. The number of rotatable bonds is 13. The maximum atomic E-state index is 11.9. The molecule has 1 aliphatic rings. The summed E-state index contributed by atoms with van der Waals surface area (Å²) in [5.41, 5.74) is 1.94. The van der Waals surface area contributed by atoms with Crippen molar-refractivity contribution in [3.05, 3.63) is 12.2 Å². The third kappa shape index (κ3) is 9.55. The highest BCUT2D eigenvalue weighted by Crippen LogP contribution is 2.09. The van der Waals surface area contributed by atoms with Crippen molar-refractivity contribution in [1.29, 1.82) is 0 Å². The Balaban J connectivity index is 2.11. The standard InChI is InChI=1S/C17H27N3O8/c1-17(2,3)28-16(24)20(27-11-8-21)18-6-9-25-12-13-26-10-7-19-14(22)4-5-15(19)23/h4-5,8,18H,6-7,9-13H2,1-3H3. The Labute approximate surface area is 163 Å². The second kappa shape index (κ2) is 12.2. The van der Waals surface area contributed by atoms with Gasteiger partial charge < -0.3 is 19.0 Å². The Morgan fingerprint density at radius 1 is 1.11 bits per heavy atom. The highest BCUT2D eigenvalue weighted by atomic mass is 16.8. The van der Waals surface area contributed by atoms with Crippen LogP contribution in [-0.4, -0.2) is 86.0 Å². The summed E-state index contributed by atoms with van der Waals surface area (Å²) in [5.74, 6) is -0.690. The predicted octanol–water partition coefficient (Wildman–Crippen LogP) is -0.183. The molecule has 0 saturated carbocycles. The summed E-state index contributed by atoms with van der Waals surface area (Å²) in [6.07, 6.45) is 2.17. The molecule has 3 amide bonds. The Morgan fingerprint density at radius 3 is 2.29 bits per heavy atom. The van der Waals surface area contributed by atoms with Crippen LogP contribution in [0.5, 0.6) is 0 Å². The van der Waals surface area contributed by atoms with E-state index in [1.807, 2.05) is 0 Å². The van der Waals surface area contributed by atoms with Gasteiger partial charge in [0.05, 0.1) is 33.0 Å². The molecule has 158 valence electrons. The van der Waals surface area contributed by atoms with Crippen LogP contribution in [0.1, 0.15) is 20.8 Å². The third-order valence-electron chi connectivity index (χ3n) is 3.06. The summed E-state index contributed by atoms with van der Waals surface area (Å²) >= 11 is 0. The number of aldehydes is 1. The van der Waals surface area contributed by atoms with E-state index in [1.165, 1.54) is 12.2 Å². The largest absolute Gasteiger partial charge is 0.450 e. The van der Waals surface area contributed by atoms with E-state index in [1.54, 1.807) is 20.8 Å². The summed E-state index contributed by atoms with van der Waals surface area (Å²) < 4.78 is 15.8. The maximum absolute atomic E-state index is 11.9. The molecule has 0 unspecified atom stereocenters. The van der Waals surface area contributed by atoms with E-state index in [-0.39, 0.29) is 57.9 Å². The number of hydrazine groups is 1. The van der Waals surface area contributed by atoms with Gasteiger partial charge in [-0.05, 0) is 20.8 Å². The summed E-state index contributed by atoms with van der Waals surface area (Å²) in [6.45, 7) is 6.23. The average Bonchev–Trinajstić information content (AvgIpc) is 2.92. The molecule has 0 bridgehead atoms. The molecule has 0 aromatic carbocycles. The molecule has 0 radical (unpaired) electrons. The van der Waals surface area contributed by atoms with E-state index < -0.39 is 11.7 Å². The average molecular weight is 401 g/mol. The zero-order valence-electron chi connectivity index (χ0n) is 16.3. The van der Waals surface area contributed by atoms with Crippen LogP contribution in [-0.2, 0) is 33.4 Å². The second-order valence-corrected chi connectivity index (χ2v) is 6.53. The lowest BCUT2D eigenvalue weighted by Gasteiger charge is -2.26. The van der Waals surface area contributed by atoms with Crippen LogP contribution >= 0.6 is 0 Å². The number of nitrogens with one attached hydrogen (secondary N) is 1. The van der Waals surface area contributed by atoms with Crippen molar-refractivity contribution in [2.45, 2.75) is 26.4 Å². The first-order valence-electron chi connectivity index (χ1n) is 8.77. The molecule has 0 aliphatic carbocycles. The first-order chi connectivity index (χ1) is 13.2. The van der Waals surface area contributed by atoms with Crippen LogP contribution < -0.4 is 5.43 Å². The summed E-state index contributed by atoms with van der Waals surface area (Å²) in [5, 5.41) is 0.748. The fourth-order valence-electron chi connectivity index (χ4n) is 1.92. The molecule has 0 saturated heterocycles. The summed E-state index contributed by atoms with van der Waals surface area (Å²) in [6, 6.07) is 0. The number of hydroxylamine groups is 1. The summed E-state index contributed by atoms with van der Waals surface area (Å²) in [4.78, 5) is 51.1. The van der Waals surface area contributed by atoms with Crippen molar-refractivity contribution in [2.24, 2.45) is 0 Å². The van der Waals surface area contributed by atoms with Gasteiger partial charge in [-0.25, -0.2) is 15.1 Å². The highest BCUT2D eigenvalue weighted by Gasteiger charge is 2.23. The van der Waals surface area contributed by atoms with Gasteiger partial charge in [-0.15, -0.1) is 5.17 Å². The molecule has 1 N–H and O–H groups in total. The number of hydrogen-bond acceptors (Lipinski definition) is 9. The number of carbonyl (C=O) groups is 4. The number of amides is 3. The molecule has 11 heteroatoms. The number of imide groups is 1. The minimum Gasteiger partial charge on any atom is -0.441 e. The van der Waals surface area contributed by atoms with Crippen molar-refractivity contribution in [3.63, 3.8) is 0 Å². The maximum Gasteiger partial charge on any atom is 0.450 e. The lowest BCUT2D eigenvalue weighted by atomic mass is 10.2. The van der Waals surface area contributed by atoms with E-state index in [0.29, 0.717) is 6.29 Å². The zero-order chi connectivity index (χ0) is 21.0. The van der Waals surface area contributed by atoms with Crippen molar-refractivity contribution in [2.75, 3.05) is 46.1 Å². The highest BCUT2D eigenvalue weighted by molar-refractivity contribution is 6.12. The number of nitrogens with zero attached hydrogens (tertiary/aromatic N) is 2. The minimum atomic E-state index is -0.779. The predicted molar refractivity (Wildman–Crippen MR) is 95.6 cm³/mol. The molecule has 28 heavy (non-hydrogen) atoms. The molecule has 0 aromatic heterocycles. The monoisotopic (exact) mass is 401 g/mol. The van der Waals surface area contributed by atoms with Gasteiger partial charge in [0, 0.05) is 18.7 Å². The van der Waals surface area contributed by atoms with Gasteiger partial charge >= 0.3 is 6.09 Å². The number of ether oxygens (including phenoxy) is 3. The molecule has 1 aliphatic heterocycles. The Morgan fingerprint density at radius 2 is 1.71 bits per heavy atom. The molecule has 0 fully saturated rings. The van der Waals surface area contributed by atoms with Gasteiger partial charge in [-0.1, -0.05) is 0 Å². The quantitative estimate of drug-likeness (QED) is 0.194. The van der Waals surface area contributed by atoms with E-state index in [0.717, 1.165) is 10.1 Å². The topological polar surface area (TPSA) is 124 Å². The van der Waals surface area contributed by atoms with Crippen LogP contribution in [0.25, 0.3) is 0 Å². The molecule has 11 nitrogen and oxygen atoms in total. The van der Waals surface area contributed by atoms with Crippen LogP contribution in [0.2, 0.25) is 0 Å². The van der Waals surface area contributed by atoms with E-state index in [4.69, 9.17) is 19.0 Å². The smallest absolute Gasteiger partial charge is 0.441 e. The van der Waals surface area contributed by atoms with Crippen LogP contribution in [0, 0.1) is 0 Å².